The normalized spacial score (nSPS) is 12.0. The van der Waals surface area contributed by atoms with Crippen LogP contribution < -0.4 is 4.74 Å². The largest absolute Gasteiger partial charge is 0.496 e. The number of rotatable bonds is 5. The lowest BCUT2D eigenvalue weighted by molar-refractivity contribution is -0.137. The molecule has 0 aliphatic carbocycles. The second kappa shape index (κ2) is 7.96. The van der Waals surface area contributed by atoms with Gasteiger partial charge in [0, 0.05) is 72.1 Å². The van der Waals surface area contributed by atoms with Crippen molar-refractivity contribution < 1.29 is 14.6 Å². The summed E-state index contributed by atoms with van der Waals surface area (Å²) in [6.45, 7) is 0. The van der Waals surface area contributed by atoms with Gasteiger partial charge in [0.25, 0.3) is 5.91 Å². The third-order valence-electron chi connectivity index (χ3n) is 5.01. The molecule has 0 fully saturated rings. The number of fused-ring (bicyclic) bond motifs is 1. The second-order valence-corrected chi connectivity index (χ2v) is 7.16. The topological polar surface area (TPSA) is 91.3 Å². The maximum absolute atomic E-state index is 12.1. The Bertz CT molecular complexity index is 1220. The quantitative estimate of drug-likeness (QED) is 0.534. The van der Waals surface area contributed by atoms with Crippen molar-refractivity contribution in [3.8, 4) is 28.0 Å². The molecule has 0 spiro atoms. The van der Waals surface area contributed by atoms with Gasteiger partial charge >= 0.3 is 0 Å². The molecular formula is C23H22N4O3. The number of pyridine rings is 2. The Morgan fingerprint density at radius 3 is 2.63 bits per heavy atom. The molecule has 1 aromatic carbocycles. The second-order valence-electron chi connectivity index (χ2n) is 7.16. The zero-order chi connectivity index (χ0) is 21.3. The summed E-state index contributed by atoms with van der Waals surface area (Å²) in [4.78, 5) is 25.4. The van der Waals surface area contributed by atoms with Crippen LogP contribution in [0.3, 0.4) is 0 Å². The summed E-state index contributed by atoms with van der Waals surface area (Å²) in [6, 6.07) is 11.6. The Morgan fingerprint density at radius 1 is 1.10 bits per heavy atom. The summed E-state index contributed by atoms with van der Waals surface area (Å²) >= 11 is 0. The maximum atomic E-state index is 12.1. The number of carbonyl (C=O) groups is 1. The predicted molar refractivity (Wildman–Crippen MR) is 115 cm³/mol. The zero-order valence-corrected chi connectivity index (χ0v) is 17.0. The van der Waals surface area contributed by atoms with Gasteiger partial charge in [-0.15, -0.1) is 0 Å². The first-order chi connectivity index (χ1) is 14.5. The van der Waals surface area contributed by atoms with Gasteiger partial charge in [0.15, 0.2) is 6.10 Å². The molecule has 0 saturated carbocycles. The number of benzene rings is 1. The number of nitrogens with one attached hydrogen (secondary N) is 1. The maximum Gasteiger partial charge on any atom is 0.255 e. The number of aromatic amines is 1. The van der Waals surface area contributed by atoms with Crippen LogP contribution in [0.25, 0.3) is 33.3 Å². The van der Waals surface area contributed by atoms with E-state index in [2.05, 4.69) is 15.0 Å². The molecule has 0 radical (unpaired) electrons. The van der Waals surface area contributed by atoms with Crippen LogP contribution in [0.2, 0.25) is 0 Å². The molecule has 0 bridgehead atoms. The van der Waals surface area contributed by atoms with Gasteiger partial charge < -0.3 is 19.7 Å². The smallest absolute Gasteiger partial charge is 0.255 e. The lowest BCUT2D eigenvalue weighted by atomic mass is 10.0. The average molecular weight is 402 g/mol. The van der Waals surface area contributed by atoms with Crippen LogP contribution in [-0.4, -0.2) is 52.1 Å². The van der Waals surface area contributed by atoms with Gasteiger partial charge in [0.05, 0.1) is 7.11 Å². The van der Waals surface area contributed by atoms with Gasteiger partial charge in [-0.2, -0.15) is 0 Å². The molecule has 2 N–H and O–H groups in total. The molecule has 4 rings (SSSR count). The van der Waals surface area contributed by atoms with E-state index in [9.17, 15) is 9.90 Å². The number of ether oxygens (including phenoxy) is 1. The lowest BCUT2D eigenvalue weighted by Gasteiger charge is -2.16. The predicted octanol–water partition coefficient (Wildman–Crippen LogP) is 3.42. The molecule has 3 heterocycles. The summed E-state index contributed by atoms with van der Waals surface area (Å²) in [7, 11) is 4.85. The van der Waals surface area contributed by atoms with Crippen molar-refractivity contribution in [3.63, 3.8) is 0 Å². The summed E-state index contributed by atoms with van der Waals surface area (Å²) in [5.41, 5.74) is 4.72. The average Bonchev–Trinajstić information content (AvgIpc) is 3.21. The van der Waals surface area contributed by atoms with Crippen LogP contribution in [0.4, 0.5) is 0 Å². The molecule has 0 unspecified atom stereocenters. The minimum atomic E-state index is -1.26. The number of H-pyrrole nitrogens is 1. The van der Waals surface area contributed by atoms with Crippen molar-refractivity contribution >= 4 is 16.9 Å². The monoisotopic (exact) mass is 402 g/mol. The van der Waals surface area contributed by atoms with E-state index in [-0.39, 0.29) is 0 Å². The van der Waals surface area contributed by atoms with Crippen molar-refractivity contribution in [3.05, 3.63) is 66.7 Å². The van der Waals surface area contributed by atoms with Gasteiger partial charge in [-0.05, 0) is 18.2 Å². The fraction of sp³-hybridized carbons (Fsp3) is 0.174. The molecule has 0 aliphatic heterocycles. The Hall–Kier alpha value is -3.71. The fourth-order valence-corrected chi connectivity index (χ4v) is 3.40. The van der Waals surface area contributed by atoms with Crippen LogP contribution in [-0.2, 0) is 4.79 Å². The van der Waals surface area contributed by atoms with Gasteiger partial charge in [-0.25, -0.2) is 4.98 Å². The third kappa shape index (κ3) is 3.51. The van der Waals surface area contributed by atoms with Crippen molar-refractivity contribution in [2.75, 3.05) is 21.2 Å². The highest BCUT2D eigenvalue weighted by Gasteiger charge is 2.20. The molecule has 7 nitrogen and oxygen atoms in total. The summed E-state index contributed by atoms with van der Waals surface area (Å²) < 4.78 is 5.51. The van der Waals surface area contributed by atoms with Crippen molar-refractivity contribution in [1.29, 1.82) is 0 Å². The van der Waals surface area contributed by atoms with Gasteiger partial charge in [-0.1, -0.05) is 18.2 Å². The Labute approximate surface area is 174 Å². The van der Waals surface area contributed by atoms with Crippen LogP contribution >= 0.6 is 0 Å². The highest BCUT2D eigenvalue weighted by Crippen LogP contribution is 2.36. The summed E-state index contributed by atoms with van der Waals surface area (Å²) in [5.74, 6) is 0.379. The number of para-hydroxylation sites is 1. The number of likely N-dealkylation sites (N-methyl/N-ethyl adjacent to an activating group) is 1. The number of amides is 1. The first kappa shape index (κ1) is 19.6. The van der Waals surface area contributed by atoms with Crippen LogP contribution in [0.15, 0.2) is 61.2 Å². The van der Waals surface area contributed by atoms with Crippen LogP contribution in [0.1, 0.15) is 11.7 Å². The summed E-state index contributed by atoms with van der Waals surface area (Å²) in [5, 5.41) is 11.3. The van der Waals surface area contributed by atoms with E-state index in [0.29, 0.717) is 5.56 Å². The number of hydrogen-bond donors (Lipinski definition) is 2. The molecule has 3 aromatic heterocycles. The molecule has 1 atom stereocenters. The fourth-order valence-electron chi connectivity index (χ4n) is 3.40. The van der Waals surface area contributed by atoms with Crippen molar-refractivity contribution in [2.24, 2.45) is 0 Å². The van der Waals surface area contributed by atoms with E-state index in [1.54, 1.807) is 39.7 Å². The van der Waals surface area contributed by atoms with E-state index in [0.717, 1.165) is 39.0 Å². The molecule has 0 aliphatic rings. The number of aliphatic hydroxyl groups excluding tert-OH is 1. The molecular weight excluding hydrogens is 380 g/mol. The highest BCUT2D eigenvalue weighted by atomic mass is 16.5. The van der Waals surface area contributed by atoms with Crippen molar-refractivity contribution in [1.82, 2.24) is 19.9 Å². The first-order valence-corrected chi connectivity index (χ1v) is 9.44. The molecule has 1 amide bonds. The highest BCUT2D eigenvalue weighted by molar-refractivity contribution is 5.97. The number of nitrogens with zero attached hydrogens (tertiary/aromatic N) is 3. The minimum Gasteiger partial charge on any atom is -0.496 e. The van der Waals surface area contributed by atoms with Crippen molar-refractivity contribution in [2.45, 2.75) is 6.10 Å². The third-order valence-corrected chi connectivity index (χ3v) is 5.01. The molecule has 4 aromatic rings. The number of carbonyl (C=O) groups excluding carboxylic acids is 1. The number of hydrogen-bond acceptors (Lipinski definition) is 5. The molecule has 7 heteroatoms. The zero-order valence-electron chi connectivity index (χ0n) is 17.0. The van der Waals surface area contributed by atoms with Crippen LogP contribution in [0, 0.1) is 0 Å². The number of aliphatic hydroxyl groups is 1. The number of methoxy groups -OCH3 is 1. The standard InChI is InChI=1S/C23H22N4O3/c1-27(2)23(29)21(28)16-8-14(10-24-11-16)15-9-18-19(13-26-22(18)25-12-15)17-6-4-5-7-20(17)30-3/h4-13,21,28H,1-3H3,(H,25,26)/t21-/m1/s1. The Balaban J connectivity index is 1.78. The molecule has 0 saturated heterocycles. The SMILES string of the molecule is COc1ccccc1-c1c[nH]c2ncc(-c3cncc([C@@H](O)C(=O)N(C)C)c3)cc12. The van der Waals surface area contributed by atoms with E-state index in [1.807, 2.05) is 36.5 Å². The van der Waals surface area contributed by atoms with Gasteiger partial charge in [0.1, 0.15) is 11.4 Å². The molecule has 152 valence electrons. The molecule has 30 heavy (non-hydrogen) atoms. The van der Waals surface area contributed by atoms with Crippen LogP contribution in [0.5, 0.6) is 5.75 Å². The van der Waals surface area contributed by atoms with E-state index >= 15 is 0 Å². The summed E-state index contributed by atoms with van der Waals surface area (Å²) in [6.07, 6.45) is 5.58. The minimum absolute atomic E-state index is 0.397. The van der Waals surface area contributed by atoms with Gasteiger partial charge in [0.2, 0.25) is 0 Å². The lowest BCUT2D eigenvalue weighted by Crippen LogP contribution is -2.28. The van der Waals surface area contributed by atoms with Gasteiger partial charge in [-0.3, -0.25) is 9.78 Å². The first-order valence-electron chi connectivity index (χ1n) is 9.44. The van der Waals surface area contributed by atoms with E-state index in [1.165, 1.54) is 11.1 Å². The van der Waals surface area contributed by atoms with E-state index in [4.69, 9.17) is 4.74 Å². The van der Waals surface area contributed by atoms with E-state index < -0.39 is 12.0 Å². The Morgan fingerprint density at radius 2 is 1.87 bits per heavy atom. The number of aromatic nitrogens is 3. The Kier molecular flexibility index (Phi) is 5.20.